The van der Waals surface area contributed by atoms with E-state index in [2.05, 4.69) is 72.3 Å². The smallest absolute Gasteiger partial charge is 0.246 e. The van der Waals surface area contributed by atoms with E-state index in [-0.39, 0.29) is 18.3 Å². The second-order valence-electron chi connectivity index (χ2n) is 13.4. The van der Waals surface area contributed by atoms with Crippen molar-refractivity contribution in [2.24, 2.45) is 0 Å². The third-order valence-electron chi connectivity index (χ3n) is 9.25. The number of hydrogen-bond acceptors (Lipinski definition) is 6. The Morgan fingerprint density at radius 2 is 1.53 bits per heavy atom. The molecule has 0 saturated carbocycles. The number of rotatable bonds is 14. The maximum Gasteiger partial charge on any atom is 0.246 e. The average molecular weight is 753 g/mol. The number of aryl methyl sites for hydroxylation is 1. The fourth-order valence-corrected chi connectivity index (χ4v) is 6.20. The minimum atomic E-state index is 0. The molecule has 0 unspecified atom stereocenters. The van der Waals surface area contributed by atoms with Gasteiger partial charge in [-0.05, 0) is 83.1 Å². The Bertz CT molecular complexity index is 1940. The van der Waals surface area contributed by atoms with E-state index in [0.717, 1.165) is 48.5 Å². The van der Waals surface area contributed by atoms with Crippen LogP contribution in [0, 0.1) is 6.92 Å². The van der Waals surface area contributed by atoms with Crippen molar-refractivity contribution in [2.45, 2.75) is 46.3 Å². The molecule has 276 valence electrons. The Balaban J connectivity index is 0.00000541. The molecule has 0 atom stereocenters. The van der Waals surface area contributed by atoms with Gasteiger partial charge in [0.2, 0.25) is 11.8 Å². The van der Waals surface area contributed by atoms with Gasteiger partial charge in [-0.3, -0.25) is 9.69 Å². The van der Waals surface area contributed by atoms with Gasteiger partial charge in [-0.25, -0.2) is 4.98 Å². The Morgan fingerprint density at radius 1 is 0.830 bits per heavy atom. The summed E-state index contributed by atoms with van der Waals surface area (Å²) in [6.45, 7) is 11.4. The predicted molar refractivity (Wildman–Crippen MR) is 216 cm³/mol. The number of carbonyl (C=O) groups excluding carboxylic acids is 1. The molecule has 6 rings (SSSR count). The Kier molecular flexibility index (Phi) is 14.4. The SMILES string of the molecule is Cc1cc(Oc2ccc(OCc3ccccc3Cl)cn2)ccc1C=CC(=O)N1CCN(Cc2ccc(CCOc3ccc(C(C)C)cc3)cc2)CC1.Cl. The molecule has 4 aromatic carbocycles. The molecular weight excluding hydrogens is 705 g/mol. The van der Waals surface area contributed by atoms with Gasteiger partial charge in [-0.2, -0.15) is 0 Å². The number of amides is 1. The van der Waals surface area contributed by atoms with Crippen molar-refractivity contribution in [3.05, 3.63) is 154 Å². The average Bonchev–Trinajstić information content (AvgIpc) is 3.16. The van der Waals surface area contributed by atoms with Gasteiger partial charge < -0.3 is 19.1 Å². The third kappa shape index (κ3) is 11.6. The topological polar surface area (TPSA) is 64.1 Å². The molecule has 1 amide bonds. The van der Waals surface area contributed by atoms with E-state index in [1.807, 2.05) is 66.4 Å². The van der Waals surface area contributed by atoms with Crippen LogP contribution in [0.4, 0.5) is 0 Å². The van der Waals surface area contributed by atoms with Crippen molar-refractivity contribution in [2.75, 3.05) is 32.8 Å². The summed E-state index contributed by atoms with van der Waals surface area (Å²) >= 11 is 6.22. The molecule has 0 bridgehead atoms. The normalized spacial score (nSPS) is 13.2. The fraction of sp³-hybridized carbons (Fsp3) is 0.273. The van der Waals surface area contributed by atoms with Crippen molar-refractivity contribution in [3.8, 4) is 23.1 Å². The van der Waals surface area contributed by atoms with E-state index in [9.17, 15) is 4.79 Å². The van der Waals surface area contributed by atoms with Gasteiger partial charge in [0.15, 0.2) is 0 Å². The van der Waals surface area contributed by atoms with Gasteiger partial charge in [0.1, 0.15) is 23.9 Å². The highest BCUT2D eigenvalue weighted by atomic mass is 35.5. The highest BCUT2D eigenvalue weighted by Gasteiger charge is 2.20. The van der Waals surface area contributed by atoms with Crippen molar-refractivity contribution >= 4 is 36.0 Å². The number of aromatic nitrogens is 1. The molecule has 0 spiro atoms. The van der Waals surface area contributed by atoms with Crippen LogP contribution in [-0.2, 0) is 24.4 Å². The second-order valence-corrected chi connectivity index (χ2v) is 13.8. The van der Waals surface area contributed by atoms with E-state index in [4.69, 9.17) is 25.8 Å². The maximum atomic E-state index is 13.0. The summed E-state index contributed by atoms with van der Waals surface area (Å²) in [4.78, 5) is 21.8. The molecule has 7 nitrogen and oxygen atoms in total. The molecule has 0 aliphatic carbocycles. The van der Waals surface area contributed by atoms with E-state index in [1.54, 1.807) is 18.3 Å². The minimum absolute atomic E-state index is 0. The zero-order valence-corrected chi connectivity index (χ0v) is 32.1. The first-order valence-electron chi connectivity index (χ1n) is 17.9. The molecular formula is C44H47Cl2N3O4. The lowest BCUT2D eigenvalue weighted by molar-refractivity contribution is -0.127. The predicted octanol–water partition coefficient (Wildman–Crippen LogP) is 9.94. The molecule has 1 saturated heterocycles. The maximum absolute atomic E-state index is 13.0. The van der Waals surface area contributed by atoms with Gasteiger partial charge in [-0.1, -0.05) is 86.1 Å². The number of nitrogens with zero attached hydrogens (tertiary/aromatic N) is 3. The standard InChI is InChI=1S/C44H46ClN3O4.ClH/c1-32(2)36-12-16-39(17-13-36)50-27-22-34-8-10-35(11-9-34)30-47-23-25-48(26-24-47)44(49)21-15-37-14-18-40(28-33(37)3)52-43-20-19-41(29-46-43)51-31-38-6-4-5-7-42(38)45;/h4-21,28-29,32H,22-27,30-31H2,1-3H3;1H. The van der Waals surface area contributed by atoms with Crippen molar-refractivity contribution in [3.63, 3.8) is 0 Å². The van der Waals surface area contributed by atoms with Crippen LogP contribution >= 0.6 is 24.0 Å². The van der Waals surface area contributed by atoms with Gasteiger partial charge >= 0.3 is 0 Å². The first kappa shape index (κ1) is 39.4. The molecule has 9 heteroatoms. The van der Waals surface area contributed by atoms with E-state index in [0.29, 0.717) is 54.6 Å². The highest BCUT2D eigenvalue weighted by molar-refractivity contribution is 6.31. The molecule has 1 aliphatic rings. The van der Waals surface area contributed by atoms with E-state index in [1.165, 1.54) is 16.7 Å². The largest absolute Gasteiger partial charge is 0.493 e. The highest BCUT2D eigenvalue weighted by Crippen LogP contribution is 2.26. The Morgan fingerprint density at radius 3 is 2.21 bits per heavy atom. The Labute approximate surface area is 324 Å². The van der Waals surface area contributed by atoms with Crippen molar-refractivity contribution in [1.29, 1.82) is 0 Å². The summed E-state index contributed by atoms with van der Waals surface area (Å²) in [7, 11) is 0. The monoisotopic (exact) mass is 751 g/mol. The van der Waals surface area contributed by atoms with Crippen LogP contribution in [0.25, 0.3) is 6.08 Å². The second kappa shape index (κ2) is 19.3. The van der Waals surface area contributed by atoms with Crippen LogP contribution in [-0.4, -0.2) is 53.5 Å². The van der Waals surface area contributed by atoms with Crippen molar-refractivity contribution < 1.29 is 19.0 Å². The molecule has 0 N–H and O–H groups in total. The van der Waals surface area contributed by atoms with Crippen molar-refractivity contribution in [1.82, 2.24) is 14.8 Å². The van der Waals surface area contributed by atoms with Crippen LogP contribution in [0.3, 0.4) is 0 Å². The quantitative estimate of drug-likeness (QED) is 0.105. The van der Waals surface area contributed by atoms with Crippen LogP contribution < -0.4 is 14.2 Å². The number of pyridine rings is 1. The summed E-state index contributed by atoms with van der Waals surface area (Å²) < 4.78 is 17.7. The zero-order valence-electron chi connectivity index (χ0n) is 30.5. The van der Waals surface area contributed by atoms with Gasteiger partial charge in [-0.15, -0.1) is 12.4 Å². The summed E-state index contributed by atoms with van der Waals surface area (Å²) in [6.07, 6.45) is 6.05. The molecule has 1 fully saturated rings. The molecule has 1 aliphatic heterocycles. The molecule has 1 aromatic heterocycles. The van der Waals surface area contributed by atoms with Crippen LogP contribution in [0.2, 0.25) is 5.02 Å². The lowest BCUT2D eigenvalue weighted by Crippen LogP contribution is -2.47. The number of hydrogen-bond donors (Lipinski definition) is 0. The first-order chi connectivity index (χ1) is 25.3. The van der Waals surface area contributed by atoms with Crippen LogP contribution in [0.5, 0.6) is 23.1 Å². The first-order valence-corrected chi connectivity index (χ1v) is 18.3. The molecule has 5 aromatic rings. The lowest BCUT2D eigenvalue weighted by atomic mass is 10.0. The van der Waals surface area contributed by atoms with E-state index < -0.39 is 0 Å². The van der Waals surface area contributed by atoms with Crippen LogP contribution in [0.1, 0.15) is 53.1 Å². The number of benzene rings is 4. The minimum Gasteiger partial charge on any atom is -0.493 e. The van der Waals surface area contributed by atoms with Crippen LogP contribution in [0.15, 0.2) is 115 Å². The number of carbonyl (C=O) groups is 1. The molecule has 2 heterocycles. The Hall–Kier alpha value is -4.82. The summed E-state index contributed by atoms with van der Waals surface area (Å²) in [5.74, 6) is 3.22. The fourth-order valence-electron chi connectivity index (χ4n) is 6.01. The summed E-state index contributed by atoms with van der Waals surface area (Å²) in [5, 5.41) is 0.669. The van der Waals surface area contributed by atoms with E-state index >= 15 is 0 Å². The summed E-state index contributed by atoms with van der Waals surface area (Å²) in [5.41, 5.74) is 6.74. The number of halogens is 2. The lowest BCUT2D eigenvalue weighted by Gasteiger charge is -2.34. The zero-order chi connectivity index (χ0) is 36.3. The summed E-state index contributed by atoms with van der Waals surface area (Å²) in [6, 6.07) is 34.2. The van der Waals surface area contributed by atoms with Gasteiger partial charge in [0.05, 0.1) is 12.8 Å². The number of piperazine rings is 1. The molecule has 0 radical (unpaired) electrons. The van der Waals surface area contributed by atoms with Gasteiger partial charge in [0.25, 0.3) is 0 Å². The third-order valence-corrected chi connectivity index (χ3v) is 9.62. The van der Waals surface area contributed by atoms with Gasteiger partial charge in [0, 0.05) is 61.9 Å². The molecule has 53 heavy (non-hydrogen) atoms. The number of ether oxygens (including phenoxy) is 3.